The maximum atomic E-state index is 12.2. The van der Waals surface area contributed by atoms with Crippen molar-refractivity contribution in [2.45, 2.75) is 19.4 Å². The summed E-state index contributed by atoms with van der Waals surface area (Å²) in [5.41, 5.74) is 1.51. The van der Waals surface area contributed by atoms with E-state index in [2.05, 4.69) is 5.32 Å². The fourth-order valence-electron chi connectivity index (χ4n) is 2.38. The molecule has 2 aromatic carbocycles. The van der Waals surface area contributed by atoms with Gasteiger partial charge in [0.15, 0.2) is 0 Å². The van der Waals surface area contributed by atoms with Gasteiger partial charge in [-0.2, -0.15) is 0 Å². The van der Waals surface area contributed by atoms with Crippen LogP contribution < -0.4 is 5.32 Å². The molecule has 106 valence electrons. The molecule has 3 aromatic rings. The zero-order valence-electron chi connectivity index (χ0n) is 11.9. The van der Waals surface area contributed by atoms with Crippen molar-refractivity contribution >= 4 is 16.9 Å². The molecule has 0 aliphatic heterocycles. The highest BCUT2D eigenvalue weighted by Crippen LogP contribution is 2.25. The Kier molecular flexibility index (Phi) is 3.73. The van der Waals surface area contributed by atoms with Gasteiger partial charge in [-0.25, -0.2) is 0 Å². The van der Waals surface area contributed by atoms with Crippen LogP contribution in [0.3, 0.4) is 0 Å². The van der Waals surface area contributed by atoms with E-state index in [1.807, 2.05) is 55.5 Å². The molecule has 0 fully saturated rings. The third-order valence-corrected chi connectivity index (χ3v) is 3.54. The molecule has 3 heteroatoms. The Morgan fingerprint density at radius 2 is 1.81 bits per heavy atom. The highest BCUT2D eigenvalue weighted by Gasteiger charge is 2.17. The van der Waals surface area contributed by atoms with Gasteiger partial charge in [-0.1, -0.05) is 43.3 Å². The normalized spacial score (nSPS) is 12.2. The van der Waals surface area contributed by atoms with E-state index in [0.717, 1.165) is 23.2 Å². The highest BCUT2D eigenvalue weighted by atomic mass is 16.3. The number of furan rings is 1. The van der Waals surface area contributed by atoms with Gasteiger partial charge in [0.25, 0.3) is 5.91 Å². The van der Waals surface area contributed by atoms with E-state index in [1.165, 1.54) is 0 Å². The van der Waals surface area contributed by atoms with Gasteiger partial charge in [0, 0.05) is 10.9 Å². The first-order chi connectivity index (χ1) is 10.3. The molecule has 0 radical (unpaired) electrons. The lowest BCUT2D eigenvalue weighted by Gasteiger charge is -2.14. The molecule has 21 heavy (non-hydrogen) atoms. The molecule has 1 N–H and O–H groups in total. The number of hydrogen-bond donors (Lipinski definition) is 1. The average molecular weight is 279 g/mol. The Labute approximate surface area is 123 Å². The van der Waals surface area contributed by atoms with Gasteiger partial charge < -0.3 is 9.73 Å². The van der Waals surface area contributed by atoms with Gasteiger partial charge in [-0.15, -0.1) is 0 Å². The van der Waals surface area contributed by atoms with Crippen molar-refractivity contribution in [3.63, 3.8) is 0 Å². The molecule has 1 aromatic heterocycles. The Hall–Kier alpha value is -2.55. The van der Waals surface area contributed by atoms with Crippen LogP contribution in [0.2, 0.25) is 0 Å². The monoisotopic (exact) mass is 279 g/mol. The fourth-order valence-corrected chi connectivity index (χ4v) is 2.38. The van der Waals surface area contributed by atoms with Gasteiger partial charge in [0.2, 0.25) is 0 Å². The number of nitrogens with one attached hydrogen (secondary N) is 1. The SMILES string of the molecule is CC[C@H](NC(=O)c1ccccc1)c1cc2ccccc2o1. The average Bonchev–Trinajstić information content (AvgIpc) is 2.97. The minimum Gasteiger partial charge on any atom is -0.459 e. The number of fused-ring (bicyclic) bond motifs is 1. The van der Waals surface area contributed by atoms with Crippen molar-refractivity contribution in [3.05, 3.63) is 72.0 Å². The van der Waals surface area contributed by atoms with Gasteiger partial charge >= 0.3 is 0 Å². The van der Waals surface area contributed by atoms with E-state index in [-0.39, 0.29) is 11.9 Å². The standard InChI is InChI=1S/C18H17NO2/c1-2-15(19-18(20)13-8-4-3-5-9-13)17-12-14-10-6-7-11-16(14)21-17/h3-12,15H,2H2,1H3,(H,19,20)/t15-/m0/s1. The van der Waals surface area contributed by atoms with Crippen LogP contribution >= 0.6 is 0 Å². The molecule has 1 amide bonds. The molecular formula is C18H17NO2. The van der Waals surface area contributed by atoms with Gasteiger partial charge in [0.1, 0.15) is 11.3 Å². The van der Waals surface area contributed by atoms with E-state index in [1.54, 1.807) is 12.1 Å². The summed E-state index contributed by atoms with van der Waals surface area (Å²) >= 11 is 0. The molecule has 0 saturated carbocycles. The largest absolute Gasteiger partial charge is 0.459 e. The smallest absolute Gasteiger partial charge is 0.251 e. The molecule has 3 nitrogen and oxygen atoms in total. The Morgan fingerprint density at radius 1 is 1.10 bits per heavy atom. The third kappa shape index (κ3) is 2.82. The number of hydrogen-bond acceptors (Lipinski definition) is 2. The summed E-state index contributed by atoms with van der Waals surface area (Å²) in [4.78, 5) is 12.2. The van der Waals surface area contributed by atoms with Crippen LogP contribution in [0.15, 0.2) is 65.1 Å². The van der Waals surface area contributed by atoms with Gasteiger partial charge in [-0.3, -0.25) is 4.79 Å². The molecule has 3 rings (SSSR count). The Morgan fingerprint density at radius 3 is 2.52 bits per heavy atom. The topological polar surface area (TPSA) is 42.2 Å². The van der Waals surface area contributed by atoms with Crippen LogP contribution in [0.25, 0.3) is 11.0 Å². The molecular weight excluding hydrogens is 262 g/mol. The summed E-state index contributed by atoms with van der Waals surface area (Å²) in [5.74, 6) is 0.714. The van der Waals surface area contributed by atoms with Crippen molar-refractivity contribution in [1.29, 1.82) is 0 Å². The van der Waals surface area contributed by atoms with E-state index >= 15 is 0 Å². The minimum atomic E-state index is -0.120. The molecule has 1 heterocycles. The number of carbonyl (C=O) groups is 1. The van der Waals surface area contributed by atoms with Crippen LogP contribution in [0.5, 0.6) is 0 Å². The summed E-state index contributed by atoms with van der Waals surface area (Å²) in [7, 11) is 0. The summed E-state index contributed by atoms with van der Waals surface area (Å²) in [6.45, 7) is 2.03. The Balaban J connectivity index is 1.83. The van der Waals surface area contributed by atoms with Crippen LogP contribution in [-0.2, 0) is 0 Å². The lowest BCUT2D eigenvalue weighted by molar-refractivity contribution is 0.0931. The van der Waals surface area contributed by atoms with Crippen LogP contribution in [0.1, 0.15) is 35.5 Å². The molecule has 0 saturated heterocycles. The highest BCUT2D eigenvalue weighted by molar-refractivity contribution is 5.94. The first-order valence-electron chi connectivity index (χ1n) is 7.12. The van der Waals surface area contributed by atoms with Gasteiger partial charge in [0.05, 0.1) is 6.04 Å². The number of rotatable bonds is 4. The summed E-state index contributed by atoms with van der Waals surface area (Å²) in [6.07, 6.45) is 0.776. The van der Waals surface area contributed by atoms with Crippen LogP contribution in [0.4, 0.5) is 0 Å². The van der Waals surface area contributed by atoms with Crippen molar-refractivity contribution in [2.24, 2.45) is 0 Å². The van der Waals surface area contributed by atoms with Crippen molar-refractivity contribution in [3.8, 4) is 0 Å². The predicted molar refractivity (Wildman–Crippen MR) is 83.2 cm³/mol. The van der Waals surface area contributed by atoms with Crippen molar-refractivity contribution < 1.29 is 9.21 Å². The van der Waals surface area contributed by atoms with Crippen molar-refractivity contribution in [2.75, 3.05) is 0 Å². The quantitative estimate of drug-likeness (QED) is 0.773. The number of benzene rings is 2. The first-order valence-corrected chi connectivity index (χ1v) is 7.12. The molecule has 0 spiro atoms. The lowest BCUT2D eigenvalue weighted by atomic mass is 10.1. The van der Waals surface area contributed by atoms with E-state index < -0.39 is 0 Å². The second-order valence-electron chi connectivity index (χ2n) is 4.99. The fraction of sp³-hybridized carbons (Fsp3) is 0.167. The number of amides is 1. The summed E-state index contributed by atoms with van der Waals surface area (Å²) in [5, 5.41) is 4.08. The van der Waals surface area contributed by atoms with Crippen LogP contribution in [0, 0.1) is 0 Å². The molecule has 1 atom stereocenters. The zero-order chi connectivity index (χ0) is 14.7. The number of para-hydroxylation sites is 1. The zero-order valence-corrected chi connectivity index (χ0v) is 11.9. The maximum Gasteiger partial charge on any atom is 0.251 e. The second-order valence-corrected chi connectivity index (χ2v) is 4.99. The second kappa shape index (κ2) is 5.83. The molecule has 0 aliphatic carbocycles. The van der Waals surface area contributed by atoms with E-state index in [4.69, 9.17) is 4.42 Å². The molecule has 0 aliphatic rings. The van der Waals surface area contributed by atoms with Gasteiger partial charge in [-0.05, 0) is 30.7 Å². The summed E-state index contributed by atoms with van der Waals surface area (Å²) in [6, 6.07) is 19.0. The number of carbonyl (C=O) groups excluding carboxylic acids is 1. The maximum absolute atomic E-state index is 12.2. The predicted octanol–water partition coefficient (Wildman–Crippen LogP) is 4.31. The molecule has 0 bridgehead atoms. The first kappa shape index (κ1) is 13.4. The minimum absolute atomic E-state index is 0.0806. The lowest BCUT2D eigenvalue weighted by Crippen LogP contribution is -2.27. The third-order valence-electron chi connectivity index (χ3n) is 3.54. The van der Waals surface area contributed by atoms with E-state index in [0.29, 0.717) is 5.56 Å². The molecule has 0 unspecified atom stereocenters. The Bertz CT molecular complexity index is 713. The van der Waals surface area contributed by atoms with Crippen molar-refractivity contribution in [1.82, 2.24) is 5.32 Å². The summed E-state index contributed by atoms with van der Waals surface area (Å²) < 4.78 is 5.84. The van der Waals surface area contributed by atoms with Crippen LogP contribution in [-0.4, -0.2) is 5.91 Å². The van der Waals surface area contributed by atoms with E-state index in [9.17, 15) is 4.79 Å².